The van der Waals surface area contributed by atoms with Gasteiger partial charge in [-0.05, 0) is 31.0 Å². The van der Waals surface area contributed by atoms with Crippen molar-refractivity contribution in [1.82, 2.24) is 5.32 Å². The first kappa shape index (κ1) is 15.2. The monoisotopic (exact) mass is 350 g/mol. The molecule has 1 aromatic carbocycles. The van der Waals surface area contributed by atoms with Crippen LogP contribution < -0.4 is 10.6 Å². The van der Waals surface area contributed by atoms with Gasteiger partial charge in [-0.25, -0.2) is 0 Å². The van der Waals surface area contributed by atoms with Crippen molar-refractivity contribution in [3.63, 3.8) is 0 Å². The largest absolute Gasteiger partial charge is 0.418 e. The van der Waals surface area contributed by atoms with Crippen LogP contribution in [0.15, 0.2) is 22.7 Å². The molecule has 2 rings (SSSR count). The zero-order valence-electron chi connectivity index (χ0n) is 10.6. The molecule has 0 unspecified atom stereocenters. The number of carbonyl (C=O) groups excluding carboxylic acids is 1. The fraction of sp³-hybridized carbons (Fsp3) is 0.462. The lowest BCUT2D eigenvalue weighted by Gasteiger charge is -2.15. The predicted molar refractivity (Wildman–Crippen MR) is 73.4 cm³/mol. The zero-order valence-corrected chi connectivity index (χ0v) is 12.1. The minimum absolute atomic E-state index is 0.0140. The third kappa shape index (κ3) is 4.40. The topological polar surface area (TPSA) is 41.1 Å². The average molecular weight is 351 g/mol. The number of alkyl halides is 3. The van der Waals surface area contributed by atoms with Crippen LogP contribution in [-0.4, -0.2) is 18.5 Å². The second-order valence-corrected chi connectivity index (χ2v) is 5.62. The van der Waals surface area contributed by atoms with Crippen molar-refractivity contribution in [2.75, 3.05) is 11.9 Å². The molecule has 0 radical (unpaired) electrons. The number of benzene rings is 1. The smallest absolute Gasteiger partial charge is 0.384 e. The maximum Gasteiger partial charge on any atom is 0.418 e. The van der Waals surface area contributed by atoms with E-state index in [0.29, 0.717) is 4.47 Å². The predicted octanol–water partition coefficient (Wildman–Crippen LogP) is 3.55. The van der Waals surface area contributed by atoms with E-state index in [9.17, 15) is 18.0 Å². The van der Waals surface area contributed by atoms with Gasteiger partial charge in [-0.3, -0.25) is 4.79 Å². The van der Waals surface area contributed by atoms with Gasteiger partial charge in [0.25, 0.3) is 0 Å². The maximum atomic E-state index is 12.9. The molecule has 0 heterocycles. The van der Waals surface area contributed by atoms with Crippen molar-refractivity contribution in [3.05, 3.63) is 28.2 Å². The minimum atomic E-state index is -4.43. The Morgan fingerprint density at radius 1 is 1.35 bits per heavy atom. The lowest BCUT2D eigenvalue weighted by Crippen LogP contribution is -2.27. The molecule has 1 aliphatic rings. The summed E-state index contributed by atoms with van der Waals surface area (Å²) < 4.78 is 38.9. The van der Waals surface area contributed by atoms with E-state index in [-0.39, 0.29) is 30.6 Å². The summed E-state index contributed by atoms with van der Waals surface area (Å²) in [5, 5.41) is 5.46. The Morgan fingerprint density at radius 3 is 2.65 bits per heavy atom. The number of rotatable bonds is 5. The van der Waals surface area contributed by atoms with Crippen molar-refractivity contribution in [3.8, 4) is 0 Å². The molecule has 0 saturated heterocycles. The normalized spacial score (nSPS) is 15.0. The third-order valence-corrected chi connectivity index (χ3v) is 3.39. The van der Waals surface area contributed by atoms with Gasteiger partial charge in [0.2, 0.25) is 5.91 Å². The molecule has 0 aliphatic heterocycles. The lowest BCUT2D eigenvalue weighted by atomic mass is 10.1. The summed E-state index contributed by atoms with van der Waals surface area (Å²) in [6.07, 6.45) is -2.29. The van der Waals surface area contributed by atoms with Gasteiger partial charge in [0.15, 0.2) is 0 Å². The van der Waals surface area contributed by atoms with Gasteiger partial charge in [0, 0.05) is 29.2 Å². The quantitative estimate of drug-likeness (QED) is 0.852. The first-order valence-electron chi connectivity index (χ1n) is 6.26. The number of nitrogens with one attached hydrogen (secondary N) is 2. The van der Waals surface area contributed by atoms with Gasteiger partial charge in [-0.15, -0.1) is 0 Å². The Kier molecular flexibility index (Phi) is 4.57. The SMILES string of the molecule is O=C(CCNc1ccc(Br)cc1C(F)(F)F)NC1CC1. The lowest BCUT2D eigenvalue weighted by molar-refractivity contribution is -0.137. The third-order valence-electron chi connectivity index (χ3n) is 2.90. The molecular formula is C13H14BrF3N2O. The molecule has 1 fully saturated rings. The molecule has 110 valence electrons. The van der Waals surface area contributed by atoms with Gasteiger partial charge >= 0.3 is 6.18 Å². The number of amides is 1. The van der Waals surface area contributed by atoms with Crippen LogP contribution in [0.4, 0.5) is 18.9 Å². The molecule has 1 aliphatic carbocycles. The molecule has 0 atom stereocenters. The van der Waals surface area contributed by atoms with Gasteiger partial charge in [0.1, 0.15) is 0 Å². The molecule has 2 N–H and O–H groups in total. The van der Waals surface area contributed by atoms with Gasteiger partial charge in [0.05, 0.1) is 5.56 Å². The summed E-state index contributed by atoms with van der Waals surface area (Å²) in [6.45, 7) is 0.170. The van der Waals surface area contributed by atoms with Crippen molar-refractivity contribution in [2.24, 2.45) is 0 Å². The fourth-order valence-electron chi connectivity index (χ4n) is 1.74. The van der Waals surface area contributed by atoms with E-state index >= 15 is 0 Å². The van der Waals surface area contributed by atoms with Crippen LogP contribution in [0.2, 0.25) is 0 Å². The van der Waals surface area contributed by atoms with Crippen LogP contribution in [0.3, 0.4) is 0 Å². The summed E-state index contributed by atoms with van der Waals surface area (Å²) in [5.74, 6) is -0.134. The van der Waals surface area contributed by atoms with Gasteiger partial charge in [-0.2, -0.15) is 13.2 Å². The van der Waals surface area contributed by atoms with Crippen molar-refractivity contribution in [2.45, 2.75) is 31.5 Å². The molecule has 0 bridgehead atoms. The highest BCUT2D eigenvalue weighted by Crippen LogP contribution is 2.36. The van der Waals surface area contributed by atoms with Gasteiger partial charge < -0.3 is 10.6 Å². The Morgan fingerprint density at radius 2 is 2.05 bits per heavy atom. The van der Waals surface area contributed by atoms with Crippen LogP contribution in [0.1, 0.15) is 24.8 Å². The Hall–Kier alpha value is -1.24. The Labute approximate surface area is 123 Å². The summed E-state index contributed by atoms with van der Waals surface area (Å²) in [5.41, 5.74) is -0.755. The van der Waals surface area contributed by atoms with E-state index in [4.69, 9.17) is 0 Å². The summed E-state index contributed by atoms with van der Waals surface area (Å²) >= 11 is 3.02. The Balaban J connectivity index is 1.93. The second-order valence-electron chi connectivity index (χ2n) is 4.71. The second kappa shape index (κ2) is 6.03. The van der Waals surface area contributed by atoms with E-state index in [1.165, 1.54) is 12.1 Å². The molecule has 3 nitrogen and oxygen atoms in total. The van der Waals surface area contributed by atoms with Crippen LogP contribution in [0.5, 0.6) is 0 Å². The number of hydrogen-bond acceptors (Lipinski definition) is 2. The summed E-state index contributed by atoms with van der Waals surface area (Å²) in [4.78, 5) is 11.4. The highest BCUT2D eigenvalue weighted by molar-refractivity contribution is 9.10. The number of anilines is 1. The van der Waals surface area contributed by atoms with Crippen molar-refractivity contribution in [1.29, 1.82) is 0 Å². The molecular weight excluding hydrogens is 337 g/mol. The molecule has 1 amide bonds. The number of carbonyl (C=O) groups is 1. The highest BCUT2D eigenvalue weighted by Gasteiger charge is 2.33. The van der Waals surface area contributed by atoms with Crippen LogP contribution in [-0.2, 0) is 11.0 Å². The molecule has 0 aromatic heterocycles. The van der Waals surface area contributed by atoms with E-state index in [0.717, 1.165) is 18.9 Å². The van der Waals surface area contributed by atoms with E-state index in [1.54, 1.807) is 0 Å². The van der Waals surface area contributed by atoms with Crippen LogP contribution >= 0.6 is 15.9 Å². The van der Waals surface area contributed by atoms with E-state index in [1.807, 2.05) is 0 Å². The fourth-order valence-corrected chi connectivity index (χ4v) is 2.10. The van der Waals surface area contributed by atoms with E-state index in [2.05, 4.69) is 26.6 Å². The average Bonchev–Trinajstić information content (AvgIpc) is 3.13. The molecule has 0 spiro atoms. The van der Waals surface area contributed by atoms with Gasteiger partial charge in [-0.1, -0.05) is 15.9 Å². The van der Waals surface area contributed by atoms with E-state index < -0.39 is 11.7 Å². The standard InChI is InChI=1S/C13H14BrF3N2O/c14-8-1-4-11(10(7-8)13(15,16)17)18-6-5-12(20)19-9-2-3-9/h1,4,7,9,18H,2-3,5-6H2,(H,19,20). The first-order valence-corrected chi connectivity index (χ1v) is 7.05. The Bertz CT molecular complexity index is 501. The highest BCUT2D eigenvalue weighted by atomic mass is 79.9. The van der Waals surface area contributed by atoms with Crippen LogP contribution in [0, 0.1) is 0 Å². The molecule has 1 saturated carbocycles. The molecule has 1 aromatic rings. The molecule has 7 heteroatoms. The number of halogens is 4. The van der Waals surface area contributed by atoms with Crippen LogP contribution in [0.25, 0.3) is 0 Å². The maximum absolute atomic E-state index is 12.9. The summed E-state index contributed by atoms with van der Waals surface area (Å²) in [7, 11) is 0. The first-order chi connectivity index (χ1) is 9.36. The van der Waals surface area contributed by atoms with Crippen molar-refractivity contribution < 1.29 is 18.0 Å². The minimum Gasteiger partial charge on any atom is -0.384 e. The molecule has 20 heavy (non-hydrogen) atoms. The zero-order chi connectivity index (χ0) is 14.8. The number of hydrogen-bond donors (Lipinski definition) is 2. The summed E-state index contributed by atoms with van der Waals surface area (Å²) in [6, 6.07) is 4.17. The van der Waals surface area contributed by atoms with Crippen molar-refractivity contribution >= 4 is 27.5 Å².